The van der Waals surface area contributed by atoms with Crippen LogP contribution < -0.4 is 5.32 Å². The number of fused-ring (bicyclic) bond motifs is 1. The maximum absolute atomic E-state index is 4.35. The van der Waals surface area contributed by atoms with E-state index in [1.165, 1.54) is 11.3 Å². The summed E-state index contributed by atoms with van der Waals surface area (Å²) in [5, 5.41) is 11.9. The largest absolute Gasteiger partial charge is 0.384 e. The third kappa shape index (κ3) is 1.69. The zero-order valence-electron chi connectivity index (χ0n) is 10.9. The van der Waals surface area contributed by atoms with Gasteiger partial charge in [0, 0.05) is 17.9 Å². The molecule has 1 unspecified atom stereocenters. The van der Waals surface area contributed by atoms with Crippen LogP contribution in [0.15, 0.2) is 60.9 Å². The molecule has 4 nitrogen and oxygen atoms in total. The lowest BCUT2D eigenvalue weighted by atomic mass is 10.0. The van der Waals surface area contributed by atoms with Gasteiger partial charge >= 0.3 is 0 Å². The van der Waals surface area contributed by atoms with E-state index >= 15 is 0 Å². The highest BCUT2D eigenvalue weighted by Crippen LogP contribution is 2.35. The van der Waals surface area contributed by atoms with Crippen molar-refractivity contribution in [1.82, 2.24) is 14.8 Å². The van der Waals surface area contributed by atoms with E-state index in [1.807, 2.05) is 18.2 Å². The smallest absolute Gasteiger partial charge is 0.146 e. The molecule has 0 fully saturated rings. The van der Waals surface area contributed by atoms with Crippen LogP contribution in [0.2, 0.25) is 0 Å². The van der Waals surface area contributed by atoms with Gasteiger partial charge in [0.25, 0.3) is 0 Å². The van der Waals surface area contributed by atoms with E-state index in [4.69, 9.17) is 0 Å². The van der Waals surface area contributed by atoms with E-state index in [2.05, 4.69) is 56.5 Å². The second-order valence-corrected chi connectivity index (χ2v) is 4.92. The van der Waals surface area contributed by atoms with E-state index in [0.29, 0.717) is 0 Å². The molecular formula is C16H14N4. The molecule has 1 atom stereocenters. The zero-order valence-corrected chi connectivity index (χ0v) is 10.9. The van der Waals surface area contributed by atoms with Crippen LogP contribution in [0.1, 0.15) is 17.3 Å². The van der Waals surface area contributed by atoms with Crippen LogP contribution >= 0.6 is 0 Å². The minimum absolute atomic E-state index is 0.244. The second-order valence-electron chi connectivity index (χ2n) is 4.92. The van der Waals surface area contributed by atoms with Crippen molar-refractivity contribution in [2.75, 3.05) is 11.9 Å². The molecule has 4 heteroatoms. The lowest BCUT2D eigenvalue weighted by molar-refractivity contribution is 0.776. The maximum Gasteiger partial charge on any atom is 0.146 e. The van der Waals surface area contributed by atoms with E-state index in [1.54, 1.807) is 6.33 Å². The quantitative estimate of drug-likeness (QED) is 0.772. The third-order valence-electron chi connectivity index (χ3n) is 3.75. The first-order valence-electron chi connectivity index (χ1n) is 6.71. The van der Waals surface area contributed by atoms with Crippen LogP contribution in [0.5, 0.6) is 0 Å². The Hall–Kier alpha value is -2.62. The van der Waals surface area contributed by atoms with Gasteiger partial charge in [-0.2, -0.15) is 0 Å². The number of para-hydroxylation sites is 2. The van der Waals surface area contributed by atoms with Crippen molar-refractivity contribution in [2.24, 2.45) is 0 Å². The van der Waals surface area contributed by atoms with Gasteiger partial charge in [0.05, 0.1) is 5.92 Å². The fourth-order valence-electron chi connectivity index (χ4n) is 2.78. The molecule has 1 aliphatic rings. The summed E-state index contributed by atoms with van der Waals surface area (Å²) in [6.07, 6.45) is 1.78. The fourth-order valence-corrected chi connectivity index (χ4v) is 2.78. The van der Waals surface area contributed by atoms with E-state index < -0.39 is 0 Å². The average molecular weight is 262 g/mol. The molecule has 0 radical (unpaired) electrons. The van der Waals surface area contributed by atoms with Gasteiger partial charge in [-0.05, 0) is 23.8 Å². The number of aromatic nitrogens is 3. The first-order valence-corrected chi connectivity index (χ1v) is 6.71. The number of hydrogen-bond acceptors (Lipinski definition) is 3. The molecule has 2 heterocycles. The predicted molar refractivity (Wildman–Crippen MR) is 78.1 cm³/mol. The molecule has 0 aliphatic carbocycles. The standard InChI is InChI=1S/C16H14N4/c1-2-6-12(7-3-1)20-11-18-19-16(20)14-10-17-15-9-5-4-8-13(14)15/h1-9,11,14,17H,10H2. The Balaban J connectivity index is 1.81. The number of nitrogens with zero attached hydrogens (tertiary/aromatic N) is 3. The van der Waals surface area contributed by atoms with Crippen LogP contribution in [0.4, 0.5) is 5.69 Å². The maximum atomic E-state index is 4.35. The summed E-state index contributed by atoms with van der Waals surface area (Å²) in [5.41, 5.74) is 3.58. The van der Waals surface area contributed by atoms with Crippen molar-refractivity contribution < 1.29 is 0 Å². The molecule has 98 valence electrons. The van der Waals surface area contributed by atoms with Gasteiger partial charge in [-0.25, -0.2) is 0 Å². The predicted octanol–water partition coefficient (Wildman–Crippen LogP) is 2.82. The van der Waals surface area contributed by atoms with E-state index in [9.17, 15) is 0 Å². The van der Waals surface area contributed by atoms with Crippen molar-refractivity contribution in [1.29, 1.82) is 0 Å². The molecule has 1 aromatic heterocycles. The Kier molecular flexibility index (Phi) is 2.52. The number of nitrogens with one attached hydrogen (secondary N) is 1. The van der Waals surface area contributed by atoms with Gasteiger partial charge in [0.1, 0.15) is 12.2 Å². The van der Waals surface area contributed by atoms with Crippen molar-refractivity contribution >= 4 is 5.69 Å². The Morgan fingerprint density at radius 1 is 1.00 bits per heavy atom. The summed E-state index contributed by atoms with van der Waals surface area (Å²) >= 11 is 0. The van der Waals surface area contributed by atoms with Crippen molar-refractivity contribution in [2.45, 2.75) is 5.92 Å². The van der Waals surface area contributed by atoms with Crippen LogP contribution in [-0.2, 0) is 0 Å². The molecule has 0 amide bonds. The molecule has 2 aromatic carbocycles. The Morgan fingerprint density at radius 2 is 1.80 bits per heavy atom. The topological polar surface area (TPSA) is 42.7 Å². The molecular weight excluding hydrogens is 248 g/mol. The van der Waals surface area contributed by atoms with Gasteiger partial charge in [-0.1, -0.05) is 36.4 Å². The van der Waals surface area contributed by atoms with Gasteiger partial charge < -0.3 is 5.32 Å². The summed E-state index contributed by atoms with van der Waals surface area (Å²) < 4.78 is 2.06. The zero-order chi connectivity index (χ0) is 13.4. The molecule has 3 aromatic rings. The molecule has 1 aliphatic heterocycles. The van der Waals surface area contributed by atoms with Crippen LogP contribution in [0, 0.1) is 0 Å². The number of benzene rings is 2. The highest BCUT2D eigenvalue weighted by molar-refractivity contribution is 5.59. The van der Waals surface area contributed by atoms with Crippen LogP contribution in [-0.4, -0.2) is 21.3 Å². The minimum atomic E-state index is 0.244. The van der Waals surface area contributed by atoms with Gasteiger partial charge in [-0.15, -0.1) is 10.2 Å². The van der Waals surface area contributed by atoms with Crippen molar-refractivity contribution in [3.63, 3.8) is 0 Å². The first kappa shape index (κ1) is 11.2. The Labute approximate surface area is 117 Å². The van der Waals surface area contributed by atoms with Gasteiger partial charge in [0.15, 0.2) is 0 Å². The monoisotopic (exact) mass is 262 g/mol. The Bertz CT molecular complexity index is 733. The molecule has 0 saturated heterocycles. The third-order valence-corrected chi connectivity index (χ3v) is 3.75. The van der Waals surface area contributed by atoms with Crippen molar-refractivity contribution in [3.05, 3.63) is 72.3 Å². The Morgan fingerprint density at radius 3 is 2.70 bits per heavy atom. The fraction of sp³-hybridized carbons (Fsp3) is 0.125. The lowest BCUT2D eigenvalue weighted by Crippen LogP contribution is -2.10. The molecule has 1 N–H and O–H groups in total. The SMILES string of the molecule is c1ccc(-n2cnnc2C2CNc3ccccc32)cc1. The first-order chi connectivity index (χ1) is 9.93. The normalized spacial score (nSPS) is 16.7. The molecule has 0 bridgehead atoms. The molecule has 0 saturated carbocycles. The number of rotatable bonds is 2. The summed E-state index contributed by atoms with van der Waals surface area (Å²) in [4.78, 5) is 0. The van der Waals surface area contributed by atoms with Crippen LogP contribution in [0.25, 0.3) is 5.69 Å². The summed E-state index contributed by atoms with van der Waals surface area (Å²) in [6.45, 7) is 0.866. The second kappa shape index (κ2) is 4.49. The lowest BCUT2D eigenvalue weighted by Gasteiger charge is -2.12. The average Bonchev–Trinajstić information content (AvgIpc) is 3.14. The minimum Gasteiger partial charge on any atom is -0.384 e. The number of anilines is 1. The van der Waals surface area contributed by atoms with Crippen molar-refractivity contribution in [3.8, 4) is 5.69 Å². The molecule has 0 spiro atoms. The summed E-state index contributed by atoms with van der Waals surface area (Å²) in [5.74, 6) is 1.22. The van der Waals surface area contributed by atoms with Crippen LogP contribution in [0.3, 0.4) is 0 Å². The summed E-state index contributed by atoms with van der Waals surface area (Å²) in [6, 6.07) is 18.6. The number of hydrogen-bond donors (Lipinski definition) is 1. The molecule has 20 heavy (non-hydrogen) atoms. The van der Waals surface area contributed by atoms with Gasteiger partial charge in [0.2, 0.25) is 0 Å². The molecule has 4 rings (SSSR count). The summed E-state index contributed by atoms with van der Waals surface area (Å²) in [7, 11) is 0. The van der Waals surface area contributed by atoms with E-state index in [-0.39, 0.29) is 5.92 Å². The highest BCUT2D eigenvalue weighted by atomic mass is 15.3. The highest BCUT2D eigenvalue weighted by Gasteiger charge is 2.27. The van der Waals surface area contributed by atoms with Gasteiger partial charge in [-0.3, -0.25) is 4.57 Å². The van der Waals surface area contributed by atoms with E-state index in [0.717, 1.165) is 18.1 Å².